The molecule has 2 N–H and O–H groups in total. The minimum atomic E-state index is -3.72. The lowest BCUT2D eigenvalue weighted by molar-refractivity contribution is 0.0757. The van der Waals surface area contributed by atoms with Crippen LogP contribution in [-0.4, -0.2) is 32.3 Å². The number of amides is 1. The van der Waals surface area contributed by atoms with Gasteiger partial charge in [0.15, 0.2) is 0 Å². The second kappa shape index (κ2) is 5.77. The molecule has 0 radical (unpaired) electrons. The lowest BCUT2D eigenvalue weighted by Gasteiger charge is -2.23. The third kappa shape index (κ3) is 4.04. The molecule has 0 aromatic heterocycles. The van der Waals surface area contributed by atoms with Crippen LogP contribution in [0.1, 0.15) is 43.5 Å². The third-order valence-corrected chi connectivity index (χ3v) is 4.99. The summed E-state index contributed by atoms with van der Waals surface area (Å²) in [5, 5.41) is 5.05. The van der Waals surface area contributed by atoms with Gasteiger partial charge in [-0.3, -0.25) is 4.79 Å². The first-order valence-electron chi connectivity index (χ1n) is 7.11. The van der Waals surface area contributed by atoms with E-state index in [0.29, 0.717) is 5.56 Å². The molecule has 0 unspecified atom stereocenters. The monoisotopic (exact) mass is 310 g/mol. The predicted molar refractivity (Wildman–Crippen MR) is 81.4 cm³/mol. The number of primary sulfonamides is 1. The number of rotatable bonds is 2. The minimum Gasteiger partial charge on any atom is -0.339 e. The molecule has 1 aromatic rings. The molecule has 1 heterocycles. The quantitative estimate of drug-likeness (QED) is 0.907. The molecule has 0 atom stereocenters. The normalized spacial score (nSPS) is 19.1. The van der Waals surface area contributed by atoms with Crippen molar-refractivity contribution < 1.29 is 13.2 Å². The smallest absolute Gasteiger partial charge is 0.253 e. The van der Waals surface area contributed by atoms with Gasteiger partial charge < -0.3 is 4.90 Å². The summed E-state index contributed by atoms with van der Waals surface area (Å²) in [6.45, 7) is 5.94. The van der Waals surface area contributed by atoms with Gasteiger partial charge in [-0.25, -0.2) is 13.6 Å². The zero-order valence-electron chi connectivity index (χ0n) is 12.5. The Hall–Kier alpha value is -1.40. The lowest BCUT2D eigenvalue weighted by atomic mass is 9.85. The van der Waals surface area contributed by atoms with Crippen LogP contribution in [0.15, 0.2) is 29.2 Å². The van der Waals surface area contributed by atoms with Crippen molar-refractivity contribution in [3.8, 4) is 0 Å². The van der Waals surface area contributed by atoms with Gasteiger partial charge in [-0.1, -0.05) is 13.8 Å². The summed E-state index contributed by atoms with van der Waals surface area (Å²) in [5.74, 6) is -0.0475. The number of sulfonamides is 1. The predicted octanol–water partition coefficient (Wildman–Crippen LogP) is 1.99. The zero-order chi connectivity index (χ0) is 15.7. The summed E-state index contributed by atoms with van der Waals surface area (Å²) in [6.07, 6.45) is 3.09. The Bertz CT molecular complexity index is 621. The molecule has 6 heteroatoms. The Labute approximate surface area is 126 Å². The van der Waals surface area contributed by atoms with Crippen molar-refractivity contribution >= 4 is 15.9 Å². The van der Waals surface area contributed by atoms with Gasteiger partial charge in [-0.15, -0.1) is 0 Å². The summed E-state index contributed by atoms with van der Waals surface area (Å²) in [6, 6.07) is 5.81. The third-order valence-electron chi connectivity index (χ3n) is 4.06. The highest BCUT2D eigenvalue weighted by Gasteiger charge is 2.26. The van der Waals surface area contributed by atoms with Gasteiger partial charge in [-0.05, 0) is 48.9 Å². The first kappa shape index (κ1) is 16.0. The Balaban J connectivity index is 2.13. The van der Waals surface area contributed by atoms with E-state index in [2.05, 4.69) is 13.8 Å². The molecule has 1 aliphatic heterocycles. The molecule has 1 aliphatic rings. The second-order valence-corrected chi connectivity index (χ2v) is 7.94. The molecule has 116 valence electrons. The van der Waals surface area contributed by atoms with Crippen molar-refractivity contribution in [1.82, 2.24) is 4.90 Å². The van der Waals surface area contributed by atoms with E-state index in [4.69, 9.17) is 5.14 Å². The summed E-state index contributed by atoms with van der Waals surface area (Å²) in [7, 11) is -3.72. The van der Waals surface area contributed by atoms with E-state index >= 15 is 0 Å². The van der Waals surface area contributed by atoms with Crippen molar-refractivity contribution in [2.45, 2.75) is 38.0 Å². The minimum absolute atomic E-state index is 0.0241. The maximum absolute atomic E-state index is 12.5. The van der Waals surface area contributed by atoms with Gasteiger partial charge in [-0.2, -0.15) is 0 Å². The van der Waals surface area contributed by atoms with Crippen molar-refractivity contribution in [1.29, 1.82) is 0 Å². The molecule has 5 nitrogen and oxygen atoms in total. The molecule has 1 amide bonds. The van der Waals surface area contributed by atoms with Gasteiger partial charge >= 0.3 is 0 Å². The molecular formula is C15H22N2O3S. The summed E-state index contributed by atoms with van der Waals surface area (Å²) < 4.78 is 22.4. The van der Waals surface area contributed by atoms with E-state index < -0.39 is 10.0 Å². The van der Waals surface area contributed by atoms with Crippen LogP contribution in [0, 0.1) is 5.41 Å². The highest BCUT2D eigenvalue weighted by atomic mass is 32.2. The van der Waals surface area contributed by atoms with Gasteiger partial charge in [0.2, 0.25) is 10.0 Å². The number of nitrogens with two attached hydrogens (primary N) is 1. The standard InChI is InChI=1S/C15H22N2O3S/c1-15(2)8-3-10-17(11-9-15)14(18)12-4-6-13(7-5-12)21(16,19)20/h4-7H,3,8-11H2,1-2H3,(H2,16,19,20). The lowest BCUT2D eigenvalue weighted by Crippen LogP contribution is -2.32. The topological polar surface area (TPSA) is 80.5 Å². The Morgan fingerprint density at radius 1 is 1.14 bits per heavy atom. The molecular weight excluding hydrogens is 288 g/mol. The van der Waals surface area contributed by atoms with E-state index in [9.17, 15) is 13.2 Å². The maximum atomic E-state index is 12.5. The molecule has 2 rings (SSSR count). The fourth-order valence-electron chi connectivity index (χ4n) is 2.60. The molecule has 0 saturated carbocycles. The highest BCUT2D eigenvalue weighted by Crippen LogP contribution is 2.30. The van der Waals surface area contributed by atoms with Gasteiger partial charge in [0, 0.05) is 18.7 Å². The molecule has 1 saturated heterocycles. The Kier molecular flexibility index (Phi) is 4.39. The van der Waals surface area contributed by atoms with Crippen LogP contribution in [0.3, 0.4) is 0 Å². The van der Waals surface area contributed by atoms with E-state index in [1.54, 1.807) is 0 Å². The molecule has 1 aromatic carbocycles. The molecule has 0 aliphatic carbocycles. The number of nitrogens with zero attached hydrogens (tertiary/aromatic N) is 1. The number of hydrogen-bond acceptors (Lipinski definition) is 3. The summed E-state index contributed by atoms with van der Waals surface area (Å²) in [4.78, 5) is 14.3. The van der Waals surface area contributed by atoms with Crippen molar-refractivity contribution in [3.05, 3.63) is 29.8 Å². The average Bonchev–Trinajstić information content (AvgIpc) is 2.58. The van der Waals surface area contributed by atoms with Crippen molar-refractivity contribution in [2.75, 3.05) is 13.1 Å². The van der Waals surface area contributed by atoms with E-state index in [-0.39, 0.29) is 16.2 Å². The van der Waals surface area contributed by atoms with Crippen molar-refractivity contribution in [3.63, 3.8) is 0 Å². The maximum Gasteiger partial charge on any atom is 0.253 e. The Morgan fingerprint density at radius 2 is 1.76 bits per heavy atom. The second-order valence-electron chi connectivity index (χ2n) is 6.38. The summed E-state index contributed by atoms with van der Waals surface area (Å²) in [5.41, 5.74) is 0.772. The molecule has 0 spiro atoms. The van der Waals surface area contributed by atoms with Crippen LogP contribution in [0.2, 0.25) is 0 Å². The van der Waals surface area contributed by atoms with Gasteiger partial charge in [0.1, 0.15) is 0 Å². The summed E-state index contributed by atoms with van der Waals surface area (Å²) >= 11 is 0. The van der Waals surface area contributed by atoms with Crippen LogP contribution in [-0.2, 0) is 10.0 Å². The van der Waals surface area contributed by atoms with E-state index in [1.807, 2.05) is 4.90 Å². The molecule has 0 bridgehead atoms. The largest absolute Gasteiger partial charge is 0.339 e. The number of hydrogen-bond donors (Lipinski definition) is 1. The van der Waals surface area contributed by atoms with Crippen LogP contribution >= 0.6 is 0 Å². The van der Waals surface area contributed by atoms with Crippen LogP contribution < -0.4 is 5.14 Å². The zero-order valence-corrected chi connectivity index (χ0v) is 13.3. The fraction of sp³-hybridized carbons (Fsp3) is 0.533. The fourth-order valence-corrected chi connectivity index (χ4v) is 3.11. The molecule has 1 fully saturated rings. The van der Waals surface area contributed by atoms with Crippen LogP contribution in [0.25, 0.3) is 0 Å². The highest BCUT2D eigenvalue weighted by molar-refractivity contribution is 7.89. The van der Waals surface area contributed by atoms with Gasteiger partial charge in [0.25, 0.3) is 5.91 Å². The number of carbonyl (C=O) groups excluding carboxylic acids is 1. The Morgan fingerprint density at radius 3 is 2.33 bits per heavy atom. The average molecular weight is 310 g/mol. The first-order valence-corrected chi connectivity index (χ1v) is 8.66. The number of likely N-dealkylation sites (tertiary alicyclic amines) is 1. The first-order chi connectivity index (χ1) is 9.69. The number of carbonyl (C=O) groups is 1. The van der Waals surface area contributed by atoms with E-state index in [0.717, 1.165) is 32.4 Å². The van der Waals surface area contributed by atoms with E-state index in [1.165, 1.54) is 24.3 Å². The van der Waals surface area contributed by atoms with Crippen LogP contribution in [0.5, 0.6) is 0 Å². The SMILES string of the molecule is CC1(C)CCCN(C(=O)c2ccc(S(N)(=O)=O)cc2)CC1. The van der Waals surface area contributed by atoms with Crippen LogP contribution in [0.4, 0.5) is 0 Å². The number of benzene rings is 1. The van der Waals surface area contributed by atoms with Crippen molar-refractivity contribution in [2.24, 2.45) is 10.6 Å². The van der Waals surface area contributed by atoms with Gasteiger partial charge in [0.05, 0.1) is 4.90 Å². The molecule has 21 heavy (non-hydrogen) atoms.